The molecule has 0 bridgehead atoms. The van der Waals surface area contributed by atoms with Crippen molar-refractivity contribution in [2.75, 3.05) is 6.61 Å². The molecule has 28 heavy (non-hydrogen) atoms. The molecular weight excluding hydrogens is 484 g/mol. The number of hydrogen-bond acceptors (Lipinski definition) is 5. The normalized spacial score (nSPS) is 15.2. The Hall–Kier alpha value is -1.87. The van der Waals surface area contributed by atoms with E-state index in [9.17, 15) is 9.59 Å². The van der Waals surface area contributed by atoms with Gasteiger partial charge in [-0.3, -0.25) is 15.0 Å². The molecule has 0 radical (unpaired) electrons. The Morgan fingerprint density at radius 3 is 2.86 bits per heavy atom. The van der Waals surface area contributed by atoms with Gasteiger partial charge in [0.1, 0.15) is 5.75 Å². The molecule has 0 spiro atoms. The summed E-state index contributed by atoms with van der Waals surface area (Å²) >= 11 is 15.7. The second-order valence-corrected chi connectivity index (χ2v) is 8.61. The van der Waals surface area contributed by atoms with Crippen molar-refractivity contribution >= 4 is 73.7 Å². The molecular formula is C19H14BrClN2O3S2. The van der Waals surface area contributed by atoms with Crippen molar-refractivity contribution in [1.82, 2.24) is 10.4 Å². The standard InChI is InChI=1S/C19H14BrClN2O3S2/c1-2-26-15-7-6-13(20)8-12(15)10-16-18(25)23(19(27)28-16)22-17(24)11-4-3-5-14(21)9-11/h3-10H,2H2,1H3,(H,22,24)/b16-10+. The Bertz CT molecular complexity index is 997. The van der Waals surface area contributed by atoms with E-state index < -0.39 is 11.8 Å². The molecule has 2 aromatic rings. The van der Waals surface area contributed by atoms with Gasteiger partial charge >= 0.3 is 0 Å². The van der Waals surface area contributed by atoms with E-state index in [-0.39, 0.29) is 4.32 Å². The van der Waals surface area contributed by atoms with Crippen LogP contribution in [0.5, 0.6) is 5.75 Å². The van der Waals surface area contributed by atoms with Gasteiger partial charge < -0.3 is 4.74 Å². The van der Waals surface area contributed by atoms with Gasteiger partial charge in [0.25, 0.3) is 11.8 Å². The molecule has 1 heterocycles. The minimum atomic E-state index is -0.475. The number of carbonyl (C=O) groups excluding carboxylic acids is 2. The summed E-state index contributed by atoms with van der Waals surface area (Å²) in [5, 5.41) is 1.49. The van der Waals surface area contributed by atoms with Crippen molar-refractivity contribution in [2.24, 2.45) is 0 Å². The maximum Gasteiger partial charge on any atom is 0.285 e. The van der Waals surface area contributed by atoms with E-state index in [1.165, 1.54) is 6.07 Å². The molecule has 1 fully saturated rings. The van der Waals surface area contributed by atoms with E-state index in [1.54, 1.807) is 24.3 Å². The Morgan fingerprint density at radius 2 is 2.14 bits per heavy atom. The number of carbonyl (C=O) groups is 2. The third kappa shape index (κ3) is 4.75. The molecule has 0 aliphatic carbocycles. The van der Waals surface area contributed by atoms with E-state index in [0.29, 0.717) is 27.8 Å². The van der Waals surface area contributed by atoms with Crippen LogP contribution in [0.15, 0.2) is 51.8 Å². The molecule has 1 aliphatic rings. The second kappa shape index (κ2) is 9.09. The zero-order valence-electron chi connectivity index (χ0n) is 14.6. The maximum atomic E-state index is 12.8. The lowest BCUT2D eigenvalue weighted by molar-refractivity contribution is -0.123. The van der Waals surface area contributed by atoms with Crippen LogP contribution in [0.2, 0.25) is 5.02 Å². The molecule has 144 valence electrons. The van der Waals surface area contributed by atoms with Crippen molar-refractivity contribution in [3.8, 4) is 5.75 Å². The number of hydrogen-bond donors (Lipinski definition) is 1. The van der Waals surface area contributed by atoms with Crippen LogP contribution in [0.1, 0.15) is 22.8 Å². The number of halogens is 2. The topological polar surface area (TPSA) is 58.6 Å². The van der Waals surface area contributed by atoms with E-state index >= 15 is 0 Å². The zero-order chi connectivity index (χ0) is 20.3. The van der Waals surface area contributed by atoms with Crippen LogP contribution in [-0.4, -0.2) is 27.8 Å². The first-order valence-electron chi connectivity index (χ1n) is 8.16. The summed E-state index contributed by atoms with van der Waals surface area (Å²) in [6, 6.07) is 12.0. The van der Waals surface area contributed by atoms with Gasteiger partial charge in [0.15, 0.2) is 4.32 Å². The fourth-order valence-electron chi connectivity index (χ4n) is 2.42. The first kappa shape index (κ1) is 20.9. The lowest BCUT2D eigenvalue weighted by Crippen LogP contribution is -2.44. The first-order chi connectivity index (χ1) is 13.4. The highest BCUT2D eigenvalue weighted by Crippen LogP contribution is 2.34. The fourth-order valence-corrected chi connectivity index (χ4v) is 4.16. The maximum absolute atomic E-state index is 12.8. The monoisotopic (exact) mass is 496 g/mol. The third-order valence-electron chi connectivity index (χ3n) is 3.65. The van der Waals surface area contributed by atoms with Gasteiger partial charge in [-0.25, -0.2) is 0 Å². The van der Waals surface area contributed by atoms with Crippen LogP contribution in [0, 0.1) is 0 Å². The Morgan fingerprint density at radius 1 is 1.36 bits per heavy atom. The van der Waals surface area contributed by atoms with Gasteiger partial charge in [0, 0.05) is 20.6 Å². The fraction of sp³-hybridized carbons (Fsp3) is 0.105. The molecule has 1 saturated heterocycles. The van der Waals surface area contributed by atoms with Crippen LogP contribution in [0.25, 0.3) is 6.08 Å². The number of nitrogens with one attached hydrogen (secondary N) is 1. The predicted molar refractivity (Wildman–Crippen MR) is 119 cm³/mol. The van der Waals surface area contributed by atoms with Crippen LogP contribution < -0.4 is 10.2 Å². The molecule has 3 rings (SSSR count). The molecule has 0 saturated carbocycles. The SMILES string of the molecule is CCOc1ccc(Br)cc1/C=C1/SC(=S)N(NC(=O)c2cccc(Cl)c2)C1=O. The predicted octanol–water partition coefficient (Wildman–Crippen LogP) is 5.05. The Balaban J connectivity index is 1.83. The lowest BCUT2D eigenvalue weighted by atomic mass is 10.2. The third-order valence-corrected chi connectivity index (χ3v) is 5.68. The zero-order valence-corrected chi connectivity index (χ0v) is 18.5. The second-order valence-electron chi connectivity index (χ2n) is 5.58. The molecule has 0 atom stereocenters. The number of benzene rings is 2. The minimum absolute atomic E-state index is 0.236. The van der Waals surface area contributed by atoms with E-state index in [4.69, 9.17) is 28.6 Å². The number of ether oxygens (including phenoxy) is 1. The lowest BCUT2D eigenvalue weighted by Gasteiger charge is -2.15. The van der Waals surface area contributed by atoms with E-state index in [0.717, 1.165) is 26.8 Å². The van der Waals surface area contributed by atoms with E-state index in [1.807, 2.05) is 25.1 Å². The number of nitrogens with zero attached hydrogens (tertiary/aromatic N) is 1. The van der Waals surface area contributed by atoms with Crippen molar-refractivity contribution in [3.63, 3.8) is 0 Å². The van der Waals surface area contributed by atoms with Crippen LogP contribution >= 0.6 is 51.5 Å². The minimum Gasteiger partial charge on any atom is -0.493 e. The number of rotatable bonds is 5. The summed E-state index contributed by atoms with van der Waals surface area (Å²) < 4.78 is 6.70. The van der Waals surface area contributed by atoms with Crippen molar-refractivity contribution in [2.45, 2.75) is 6.92 Å². The molecule has 2 amide bonds. The summed E-state index contributed by atoms with van der Waals surface area (Å²) in [6.45, 7) is 2.38. The highest BCUT2D eigenvalue weighted by atomic mass is 79.9. The summed E-state index contributed by atoms with van der Waals surface area (Å²) in [4.78, 5) is 25.6. The Kier molecular flexibility index (Phi) is 6.77. The van der Waals surface area contributed by atoms with E-state index in [2.05, 4.69) is 21.4 Å². The van der Waals surface area contributed by atoms with Crippen LogP contribution in [0.4, 0.5) is 0 Å². The highest BCUT2D eigenvalue weighted by Gasteiger charge is 2.34. The number of thioether (sulfide) groups is 1. The molecule has 9 heteroatoms. The van der Waals surface area contributed by atoms with Crippen molar-refractivity contribution < 1.29 is 14.3 Å². The molecule has 1 N–H and O–H groups in total. The average molecular weight is 498 g/mol. The van der Waals surface area contributed by atoms with Crippen molar-refractivity contribution in [3.05, 3.63) is 68.0 Å². The Labute approximate surface area is 185 Å². The molecule has 0 aromatic heterocycles. The largest absolute Gasteiger partial charge is 0.493 e. The van der Waals surface area contributed by atoms with Gasteiger partial charge in [0.2, 0.25) is 0 Å². The molecule has 0 unspecified atom stereocenters. The van der Waals surface area contributed by atoms with Gasteiger partial charge in [-0.05, 0) is 61.6 Å². The number of amides is 2. The van der Waals surface area contributed by atoms with Gasteiger partial charge in [-0.15, -0.1) is 0 Å². The molecule has 5 nitrogen and oxygen atoms in total. The molecule has 2 aromatic carbocycles. The summed E-state index contributed by atoms with van der Waals surface area (Å²) in [5.41, 5.74) is 3.60. The quantitative estimate of drug-likeness (QED) is 0.463. The summed E-state index contributed by atoms with van der Waals surface area (Å²) in [7, 11) is 0. The number of hydrazine groups is 1. The average Bonchev–Trinajstić information content (AvgIpc) is 2.91. The van der Waals surface area contributed by atoms with Gasteiger partial charge in [-0.1, -0.05) is 45.4 Å². The highest BCUT2D eigenvalue weighted by molar-refractivity contribution is 9.10. The first-order valence-corrected chi connectivity index (χ1v) is 10.6. The molecule has 1 aliphatic heterocycles. The van der Waals surface area contributed by atoms with Gasteiger partial charge in [0.05, 0.1) is 11.5 Å². The summed E-state index contributed by atoms with van der Waals surface area (Å²) in [6.07, 6.45) is 1.70. The van der Waals surface area contributed by atoms with Crippen LogP contribution in [0.3, 0.4) is 0 Å². The van der Waals surface area contributed by atoms with Crippen molar-refractivity contribution in [1.29, 1.82) is 0 Å². The smallest absolute Gasteiger partial charge is 0.285 e. The summed E-state index contributed by atoms with van der Waals surface area (Å²) in [5.74, 6) is -0.232. The van der Waals surface area contributed by atoms with Gasteiger partial charge in [-0.2, -0.15) is 5.01 Å². The number of thiocarbonyl (C=S) groups is 1. The van der Waals surface area contributed by atoms with Crippen LogP contribution in [-0.2, 0) is 4.79 Å².